The molecule has 24 heavy (non-hydrogen) atoms. The van der Waals surface area contributed by atoms with Crippen LogP contribution in [0.4, 0.5) is 0 Å². The van der Waals surface area contributed by atoms with Crippen molar-refractivity contribution < 1.29 is 4.79 Å². The first kappa shape index (κ1) is 16.7. The molecule has 1 fully saturated rings. The first-order valence-electron chi connectivity index (χ1n) is 8.64. The number of aromatic nitrogens is 1. The number of fused-ring (bicyclic) bond motifs is 1. The smallest absolute Gasteiger partial charge is 0.252 e. The molecule has 5 heteroatoms. The van der Waals surface area contributed by atoms with Gasteiger partial charge in [0.2, 0.25) is 5.91 Å². The number of nitrogens with zero attached hydrogens (tertiary/aromatic N) is 2. The molecule has 128 valence electrons. The van der Waals surface area contributed by atoms with E-state index in [-0.39, 0.29) is 11.5 Å². The first-order valence-corrected chi connectivity index (χ1v) is 8.64. The quantitative estimate of drug-likeness (QED) is 0.937. The molecule has 0 bridgehead atoms. The molecule has 1 saturated heterocycles. The van der Waals surface area contributed by atoms with Crippen LogP contribution in [0.25, 0.3) is 10.9 Å². The lowest BCUT2D eigenvalue weighted by Crippen LogP contribution is -2.36. The fourth-order valence-corrected chi connectivity index (χ4v) is 3.25. The van der Waals surface area contributed by atoms with Gasteiger partial charge in [0.15, 0.2) is 0 Å². The third-order valence-corrected chi connectivity index (χ3v) is 4.49. The van der Waals surface area contributed by atoms with Crippen molar-refractivity contribution in [1.29, 1.82) is 0 Å². The molecule has 1 aromatic heterocycles. The van der Waals surface area contributed by atoms with Crippen LogP contribution in [0.5, 0.6) is 0 Å². The summed E-state index contributed by atoms with van der Waals surface area (Å²) in [6, 6.07) is 9.77. The van der Waals surface area contributed by atoms with E-state index in [1.807, 2.05) is 35.2 Å². The molecule has 5 nitrogen and oxygen atoms in total. The van der Waals surface area contributed by atoms with E-state index in [0.29, 0.717) is 25.4 Å². The van der Waals surface area contributed by atoms with Crippen molar-refractivity contribution in [3.63, 3.8) is 0 Å². The molecule has 0 atom stereocenters. The van der Waals surface area contributed by atoms with Gasteiger partial charge >= 0.3 is 0 Å². The van der Waals surface area contributed by atoms with Crippen molar-refractivity contribution in [3.05, 3.63) is 46.2 Å². The number of para-hydroxylation sites is 1. The zero-order valence-electron chi connectivity index (χ0n) is 14.4. The minimum Gasteiger partial charge on any atom is -0.341 e. The van der Waals surface area contributed by atoms with Crippen molar-refractivity contribution >= 4 is 16.8 Å². The van der Waals surface area contributed by atoms with Gasteiger partial charge in [-0.05, 0) is 23.4 Å². The minimum absolute atomic E-state index is 0.0386. The van der Waals surface area contributed by atoms with Crippen molar-refractivity contribution in [2.24, 2.45) is 5.92 Å². The first-order chi connectivity index (χ1) is 11.5. The third-order valence-electron chi connectivity index (χ3n) is 4.49. The van der Waals surface area contributed by atoms with Crippen molar-refractivity contribution in [2.45, 2.75) is 26.8 Å². The molecular weight excluding hydrogens is 302 g/mol. The van der Waals surface area contributed by atoms with Crippen LogP contribution >= 0.6 is 0 Å². The van der Waals surface area contributed by atoms with E-state index in [1.165, 1.54) is 0 Å². The van der Waals surface area contributed by atoms with Gasteiger partial charge in [-0.25, -0.2) is 0 Å². The topological polar surface area (TPSA) is 56.4 Å². The van der Waals surface area contributed by atoms with Gasteiger partial charge < -0.3 is 9.88 Å². The fourth-order valence-electron chi connectivity index (χ4n) is 3.25. The SMILES string of the molecule is CC(C)CN1CCN(Cc2cc3ccccc3[nH]c2=O)CCC1=O. The van der Waals surface area contributed by atoms with Gasteiger partial charge in [0, 0.05) is 50.2 Å². The molecule has 0 unspecified atom stereocenters. The highest BCUT2D eigenvalue weighted by molar-refractivity contribution is 5.78. The molecule has 1 aromatic carbocycles. The van der Waals surface area contributed by atoms with Gasteiger partial charge in [0.25, 0.3) is 5.56 Å². The maximum absolute atomic E-state index is 12.3. The number of nitrogens with one attached hydrogen (secondary N) is 1. The second-order valence-electron chi connectivity index (χ2n) is 6.97. The fraction of sp³-hybridized carbons (Fsp3) is 0.474. The molecule has 1 aliphatic rings. The van der Waals surface area contributed by atoms with Crippen LogP contribution in [0, 0.1) is 5.92 Å². The highest BCUT2D eigenvalue weighted by Crippen LogP contribution is 2.13. The lowest BCUT2D eigenvalue weighted by Gasteiger charge is -2.23. The number of H-pyrrole nitrogens is 1. The minimum atomic E-state index is -0.0386. The average Bonchev–Trinajstić information content (AvgIpc) is 2.71. The number of pyridine rings is 1. The van der Waals surface area contributed by atoms with Crippen LogP contribution in [0.1, 0.15) is 25.8 Å². The molecule has 0 aliphatic carbocycles. The summed E-state index contributed by atoms with van der Waals surface area (Å²) in [6.45, 7) is 7.91. The maximum Gasteiger partial charge on any atom is 0.252 e. The number of carbonyl (C=O) groups is 1. The molecule has 0 spiro atoms. The number of amides is 1. The van der Waals surface area contributed by atoms with E-state index in [4.69, 9.17) is 0 Å². The molecular formula is C19H25N3O2. The number of hydrogen-bond donors (Lipinski definition) is 1. The number of benzene rings is 1. The van der Waals surface area contributed by atoms with Crippen LogP contribution < -0.4 is 5.56 Å². The Morgan fingerprint density at radius 3 is 2.71 bits per heavy atom. The molecule has 1 aliphatic heterocycles. The van der Waals surface area contributed by atoms with E-state index < -0.39 is 0 Å². The lowest BCUT2D eigenvalue weighted by molar-refractivity contribution is -0.130. The number of aromatic amines is 1. The third kappa shape index (κ3) is 3.85. The number of hydrogen-bond acceptors (Lipinski definition) is 3. The van der Waals surface area contributed by atoms with Crippen LogP contribution in [-0.2, 0) is 11.3 Å². The summed E-state index contributed by atoms with van der Waals surface area (Å²) in [6.07, 6.45) is 0.526. The highest BCUT2D eigenvalue weighted by Gasteiger charge is 2.22. The van der Waals surface area contributed by atoms with Gasteiger partial charge in [0.05, 0.1) is 0 Å². The normalized spacial score (nSPS) is 16.8. The summed E-state index contributed by atoms with van der Waals surface area (Å²) in [5.74, 6) is 0.697. The summed E-state index contributed by atoms with van der Waals surface area (Å²) < 4.78 is 0. The molecule has 0 saturated carbocycles. The summed E-state index contributed by atoms with van der Waals surface area (Å²) in [5.41, 5.74) is 1.59. The lowest BCUT2D eigenvalue weighted by atomic mass is 10.1. The van der Waals surface area contributed by atoms with Gasteiger partial charge in [-0.1, -0.05) is 32.0 Å². The van der Waals surface area contributed by atoms with Crippen molar-refractivity contribution in [2.75, 3.05) is 26.2 Å². The Morgan fingerprint density at radius 2 is 1.92 bits per heavy atom. The summed E-state index contributed by atoms with van der Waals surface area (Å²) in [5, 5.41) is 1.04. The molecule has 2 aromatic rings. The second kappa shape index (κ2) is 7.18. The number of carbonyl (C=O) groups excluding carboxylic acids is 1. The predicted octanol–water partition coefficient (Wildman–Crippen LogP) is 2.22. The van der Waals surface area contributed by atoms with E-state index in [9.17, 15) is 9.59 Å². The van der Waals surface area contributed by atoms with Gasteiger partial charge in [-0.2, -0.15) is 0 Å². The Kier molecular flexibility index (Phi) is 5.00. The van der Waals surface area contributed by atoms with Gasteiger partial charge in [0.1, 0.15) is 0 Å². The van der Waals surface area contributed by atoms with Crippen LogP contribution in [0.3, 0.4) is 0 Å². The van der Waals surface area contributed by atoms with Crippen molar-refractivity contribution in [3.8, 4) is 0 Å². The monoisotopic (exact) mass is 327 g/mol. The molecule has 0 radical (unpaired) electrons. The second-order valence-corrected chi connectivity index (χ2v) is 6.97. The molecule has 1 N–H and O–H groups in total. The van der Waals surface area contributed by atoms with Crippen LogP contribution in [0.15, 0.2) is 35.1 Å². The summed E-state index contributed by atoms with van der Waals surface area (Å²) in [4.78, 5) is 31.6. The zero-order valence-corrected chi connectivity index (χ0v) is 14.4. The van der Waals surface area contributed by atoms with E-state index in [1.54, 1.807) is 0 Å². The van der Waals surface area contributed by atoms with Gasteiger partial charge in [-0.3, -0.25) is 14.5 Å². The molecule has 2 heterocycles. The maximum atomic E-state index is 12.3. The van der Waals surface area contributed by atoms with Crippen LogP contribution in [0.2, 0.25) is 0 Å². The van der Waals surface area contributed by atoms with Crippen LogP contribution in [-0.4, -0.2) is 46.9 Å². The largest absolute Gasteiger partial charge is 0.341 e. The summed E-state index contributed by atoms with van der Waals surface area (Å²) >= 11 is 0. The Labute approximate surface area is 142 Å². The predicted molar refractivity (Wildman–Crippen MR) is 95.9 cm³/mol. The zero-order chi connectivity index (χ0) is 17.1. The molecule has 3 rings (SSSR count). The Hall–Kier alpha value is -2.14. The van der Waals surface area contributed by atoms with E-state index in [2.05, 4.69) is 23.7 Å². The average molecular weight is 327 g/mol. The molecule has 1 amide bonds. The standard InChI is InChI=1S/C19H25N3O2/c1-14(2)12-22-10-9-21(8-7-18(22)23)13-16-11-15-5-3-4-6-17(15)20-19(16)24/h3-6,11,14H,7-10,12-13H2,1-2H3,(H,20,24). The van der Waals surface area contributed by atoms with Crippen molar-refractivity contribution in [1.82, 2.24) is 14.8 Å². The van der Waals surface area contributed by atoms with Gasteiger partial charge in [-0.15, -0.1) is 0 Å². The van der Waals surface area contributed by atoms with E-state index in [0.717, 1.165) is 36.1 Å². The Balaban J connectivity index is 1.73. The van der Waals surface area contributed by atoms with E-state index >= 15 is 0 Å². The number of rotatable bonds is 4. The Morgan fingerprint density at radius 1 is 1.12 bits per heavy atom. The Bertz CT molecular complexity index is 782. The summed E-state index contributed by atoms with van der Waals surface area (Å²) in [7, 11) is 0. The highest BCUT2D eigenvalue weighted by atomic mass is 16.2.